The monoisotopic (exact) mass is 304 g/mol. The summed E-state index contributed by atoms with van der Waals surface area (Å²) in [7, 11) is 0. The number of hydrogen-bond acceptors (Lipinski definition) is 6. The predicted molar refractivity (Wildman–Crippen MR) is 63.0 cm³/mol. The van der Waals surface area contributed by atoms with E-state index < -0.39 is 16.4 Å². The normalized spacial score (nSPS) is 10.3. The van der Waals surface area contributed by atoms with E-state index in [0.717, 1.165) is 12.1 Å². The number of hydrogen-bond donors (Lipinski definition) is 0. The second-order valence-corrected chi connectivity index (χ2v) is 3.81. The molecule has 2 rings (SSSR count). The van der Waals surface area contributed by atoms with E-state index >= 15 is 0 Å². The molecule has 0 aliphatic carbocycles. The van der Waals surface area contributed by atoms with Crippen molar-refractivity contribution in [2.45, 2.75) is 0 Å². The molecule has 0 unspecified atom stereocenters. The fourth-order valence-corrected chi connectivity index (χ4v) is 1.49. The molecule has 98 valence electrons. The van der Waals surface area contributed by atoms with Gasteiger partial charge in [0.2, 0.25) is 10.6 Å². The fourth-order valence-electron chi connectivity index (χ4n) is 1.14. The van der Waals surface area contributed by atoms with Gasteiger partial charge in [0.05, 0.1) is 11.0 Å². The summed E-state index contributed by atoms with van der Waals surface area (Å²) in [5.74, 6) is -1.24. The molecule has 1 aromatic carbocycles. The lowest BCUT2D eigenvalue weighted by Crippen LogP contribution is -1.97. The lowest BCUT2D eigenvalue weighted by molar-refractivity contribution is -0.385. The molecule has 0 saturated heterocycles. The smallest absolute Gasteiger partial charge is 0.327 e. The van der Waals surface area contributed by atoms with Crippen molar-refractivity contribution in [2.24, 2.45) is 0 Å². The van der Waals surface area contributed by atoms with Crippen molar-refractivity contribution in [1.29, 1.82) is 0 Å². The third kappa shape index (κ3) is 3.24. The lowest BCUT2D eigenvalue weighted by atomic mass is 10.3. The Hall–Kier alpha value is -2.06. The van der Waals surface area contributed by atoms with Gasteiger partial charge in [-0.25, -0.2) is 4.39 Å². The molecule has 0 saturated carbocycles. The summed E-state index contributed by atoms with van der Waals surface area (Å²) >= 11 is 11.0. The van der Waals surface area contributed by atoms with Gasteiger partial charge in [-0.15, -0.1) is 0 Å². The van der Waals surface area contributed by atoms with E-state index in [0.29, 0.717) is 6.07 Å². The number of nitrogens with zero attached hydrogens (tertiary/aromatic N) is 4. The van der Waals surface area contributed by atoms with Crippen LogP contribution in [0.4, 0.5) is 10.1 Å². The van der Waals surface area contributed by atoms with E-state index in [4.69, 9.17) is 27.9 Å². The van der Waals surface area contributed by atoms with Gasteiger partial charge in [0.15, 0.2) is 11.6 Å². The number of benzene rings is 1. The van der Waals surface area contributed by atoms with Crippen LogP contribution in [0.3, 0.4) is 0 Å². The van der Waals surface area contributed by atoms with Crippen molar-refractivity contribution < 1.29 is 14.1 Å². The first-order valence-corrected chi connectivity index (χ1v) is 5.40. The summed E-state index contributed by atoms with van der Waals surface area (Å²) in [6, 6.07) is 2.53. The molecular formula is C9H3Cl2FN4O3. The van der Waals surface area contributed by atoms with Crippen molar-refractivity contribution in [3.63, 3.8) is 0 Å². The van der Waals surface area contributed by atoms with E-state index in [2.05, 4.69) is 15.0 Å². The zero-order valence-corrected chi connectivity index (χ0v) is 10.4. The molecule has 0 spiro atoms. The second kappa shape index (κ2) is 5.29. The van der Waals surface area contributed by atoms with Crippen molar-refractivity contribution in [3.05, 3.63) is 44.7 Å². The summed E-state index contributed by atoms with van der Waals surface area (Å²) in [4.78, 5) is 20.3. The van der Waals surface area contributed by atoms with Crippen LogP contribution in [-0.2, 0) is 0 Å². The zero-order valence-electron chi connectivity index (χ0n) is 8.88. The SMILES string of the molecule is O=[N+]([O-])c1ccc(Oc2nc(Cl)nc(Cl)n2)c(F)c1. The van der Waals surface area contributed by atoms with E-state index in [1.807, 2.05) is 0 Å². The van der Waals surface area contributed by atoms with Crippen LogP contribution in [0, 0.1) is 15.9 Å². The van der Waals surface area contributed by atoms with Gasteiger partial charge in [0.1, 0.15) is 0 Å². The van der Waals surface area contributed by atoms with Crippen LogP contribution in [0.2, 0.25) is 10.6 Å². The van der Waals surface area contributed by atoms with Gasteiger partial charge in [-0.3, -0.25) is 10.1 Å². The first kappa shape index (κ1) is 13.4. The molecule has 10 heteroatoms. The van der Waals surface area contributed by atoms with Crippen LogP contribution in [0.1, 0.15) is 0 Å². The Labute approximate surface area is 115 Å². The number of rotatable bonds is 3. The highest BCUT2D eigenvalue weighted by molar-refractivity contribution is 6.31. The third-order valence-corrected chi connectivity index (χ3v) is 2.23. The molecule has 1 aromatic heterocycles. The summed E-state index contributed by atoms with van der Waals surface area (Å²) in [6.07, 6.45) is 0. The van der Waals surface area contributed by atoms with E-state index in [1.165, 1.54) is 0 Å². The average Bonchev–Trinajstić information content (AvgIpc) is 2.30. The maximum atomic E-state index is 13.5. The number of ether oxygens (including phenoxy) is 1. The number of nitro groups is 1. The first-order chi connectivity index (χ1) is 8.95. The van der Waals surface area contributed by atoms with Crippen LogP contribution in [-0.4, -0.2) is 19.9 Å². The highest BCUT2D eigenvalue weighted by atomic mass is 35.5. The maximum absolute atomic E-state index is 13.5. The number of non-ortho nitro benzene ring substituents is 1. The highest BCUT2D eigenvalue weighted by Gasteiger charge is 2.14. The Bertz CT molecular complexity index is 635. The topological polar surface area (TPSA) is 91.0 Å². The molecule has 0 fully saturated rings. The summed E-state index contributed by atoms with van der Waals surface area (Å²) < 4.78 is 18.5. The van der Waals surface area contributed by atoms with Crippen LogP contribution >= 0.6 is 23.2 Å². The molecule has 7 nitrogen and oxygen atoms in total. The molecule has 0 aliphatic rings. The zero-order chi connectivity index (χ0) is 14.0. The van der Waals surface area contributed by atoms with Crippen molar-refractivity contribution in [2.75, 3.05) is 0 Å². The number of nitro benzene ring substituents is 1. The second-order valence-electron chi connectivity index (χ2n) is 3.13. The summed E-state index contributed by atoms with van der Waals surface area (Å²) in [6.45, 7) is 0. The minimum atomic E-state index is -0.943. The van der Waals surface area contributed by atoms with Crippen LogP contribution in [0.25, 0.3) is 0 Å². The fraction of sp³-hybridized carbons (Fsp3) is 0. The molecule has 19 heavy (non-hydrogen) atoms. The van der Waals surface area contributed by atoms with Gasteiger partial charge in [0, 0.05) is 6.07 Å². The molecule has 0 aliphatic heterocycles. The van der Waals surface area contributed by atoms with Gasteiger partial charge in [0.25, 0.3) is 5.69 Å². The molecular weight excluding hydrogens is 302 g/mol. The van der Waals surface area contributed by atoms with Gasteiger partial charge in [-0.05, 0) is 29.3 Å². The quantitative estimate of drug-likeness (QED) is 0.639. The van der Waals surface area contributed by atoms with Gasteiger partial charge < -0.3 is 4.74 Å². The van der Waals surface area contributed by atoms with E-state index in [-0.39, 0.29) is 22.3 Å². The van der Waals surface area contributed by atoms with Crippen LogP contribution < -0.4 is 4.74 Å². The molecule has 1 heterocycles. The third-order valence-electron chi connectivity index (χ3n) is 1.89. The average molecular weight is 305 g/mol. The maximum Gasteiger partial charge on any atom is 0.327 e. The minimum Gasteiger partial charge on any atom is -0.421 e. The van der Waals surface area contributed by atoms with Gasteiger partial charge >= 0.3 is 6.01 Å². The number of halogens is 3. The molecule has 0 amide bonds. The highest BCUT2D eigenvalue weighted by Crippen LogP contribution is 2.26. The molecule has 2 aromatic rings. The standard InChI is InChI=1S/C9H3Cl2FN4O3/c10-7-13-8(11)15-9(14-7)19-6-2-1-4(16(17)18)3-5(6)12/h1-3H. The Kier molecular flexibility index (Phi) is 3.72. The Morgan fingerprint density at radius 2 is 1.84 bits per heavy atom. The molecule has 0 atom stereocenters. The molecule has 0 N–H and O–H groups in total. The van der Waals surface area contributed by atoms with Crippen LogP contribution in [0.15, 0.2) is 18.2 Å². The van der Waals surface area contributed by atoms with Crippen molar-refractivity contribution in [1.82, 2.24) is 15.0 Å². The lowest BCUT2D eigenvalue weighted by Gasteiger charge is -2.04. The van der Waals surface area contributed by atoms with E-state index in [9.17, 15) is 14.5 Å². The largest absolute Gasteiger partial charge is 0.421 e. The van der Waals surface area contributed by atoms with Gasteiger partial charge in [-0.1, -0.05) is 0 Å². The molecule has 0 bridgehead atoms. The Morgan fingerprint density at radius 1 is 1.21 bits per heavy atom. The van der Waals surface area contributed by atoms with E-state index in [1.54, 1.807) is 0 Å². The first-order valence-electron chi connectivity index (χ1n) is 4.64. The Balaban J connectivity index is 2.30. The van der Waals surface area contributed by atoms with Gasteiger partial charge in [-0.2, -0.15) is 15.0 Å². The predicted octanol–water partition coefficient (Wildman–Crippen LogP) is 3.02. The summed E-state index contributed by atoms with van der Waals surface area (Å²) in [5, 5.41) is 9.99. The number of aromatic nitrogens is 3. The minimum absolute atomic E-state index is 0.225. The van der Waals surface area contributed by atoms with Crippen molar-refractivity contribution in [3.8, 4) is 11.8 Å². The Morgan fingerprint density at radius 3 is 2.37 bits per heavy atom. The summed E-state index contributed by atoms with van der Waals surface area (Å²) in [5.41, 5.74) is -0.406. The van der Waals surface area contributed by atoms with Crippen LogP contribution in [0.5, 0.6) is 11.8 Å². The molecule has 0 radical (unpaired) electrons. The van der Waals surface area contributed by atoms with Crippen molar-refractivity contribution >= 4 is 28.9 Å².